The lowest BCUT2D eigenvalue weighted by molar-refractivity contribution is -0.237. The minimum Gasteiger partial charge on any atom is -0.463 e. The molecule has 1 aromatic carbocycles. The van der Waals surface area contributed by atoms with Crippen LogP contribution in [0.5, 0.6) is 0 Å². The highest BCUT2D eigenvalue weighted by atomic mass is 35.5. The van der Waals surface area contributed by atoms with Gasteiger partial charge in [-0.1, -0.05) is 23.4 Å². The van der Waals surface area contributed by atoms with Crippen LogP contribution in [0.3, 0.4) is 0 Å². The van der Waals surface area contributed by atoms with Crippen LogP contribution in [0.4, 0.5) is 0 Å². The summed E-state index contributed by atoms with van der Waals surface area (Å²) >= 11 is 7.11. The molecule has 1 saturated heterocycles. The standard InChI is InChI=1S/C20H23ClO9S/c1-10(22)26-9-16-17(27-11(2)23)18(28-12(3)24)19(29-13(4)25)20(30-16)31-15-7-5-14(21)6-8-15/h5-8,16-20H,9H2,1-4H3/t16-,17+,18+,19+,20+/m1/s1. The van der Waals surface area contributed by atoms with Gasteiger partial charge in [-0.3, -0.25) is 19.2 Å². The Morgan fingerprint density at radius 3 is 1.87 bits per heavy atom. The van der Waals surface area contributed by atoms with Gasteiger partial charge >= 0.3 is 23.9 Å². The Labute approximate surface area is 188 Å². The molecule has 0 radical (unpaired) electrons. The summed E-state index contributed by atoms with van der Waals surface area (Å²) in [6.07, 6.45) is -4.45. The van der Waals surface area contributed by atoms with Crippen LogP contribution in [-0.4, -0.2) is 60.3 Å². The van der Waals surface area contributed by atoms with Crippen molar-refractivity contribution in [3.8, 4) is 0 Å². The number of ether oxygens (including phenoxy) is 5. The molecule has 0 aliphatic carbocycles. The van der Waals surface area contributed by atoms with E-state index in [-0.39, 0.29) is 6.61 Å². The summed E-state index contributed by atoms with van der Waals surface area (Å²) in [5.74, 6) is -2.57. The van der Waals surface area contributed by atoms with Crippen LogP contribution < -0.4 is 0 Å². The van der Waals surface area contributed by atoms with E-state index in [1.807, 2.05) is 0 Å². The molecule has 0 aromatic heterocycles. The lowest BCUT2D eigenvalue weighted by atomic mass is 9.99. The molecular weight excluding hydrogens is 452 g/mol. The van der Waals surface area contributed by atoms with Crippen molar-refractivity contribution in [1.29, 1.82) is 0 Å². The minimum absolute atomic E-state index is 0.268. The second-order valence-electron chi connectivity index (χ2n) is 6.64. The average Bonchev–Trinajstić information content (AvgIpc) is 2.65. The molecule has 31 heavy (non-hydrogen) atoms. The fraction of sp³-hybridized carbons (Fsp3) is 0.500. The summed E-state index contributed by atoms with van der Waals surface area (Å²) in [5, 5.41) is 0.533. The van der Waals surface area contributed by atoms with Gasteiger partial charge in [0, 0.05) is 37.6 Å². The molecule has 1 aliphatic heterocycles. The van der Waals surface area contributed by atoms with E-state index in [0.717, 1.165) is 4.90 Å². The summed E-state index contributed by atoms with van der Waals surface area (Å²) in [7, 11) is 0. The third-order valence-corrected chi connectivity index (χ3v) is 5.42. The topological polar surface area (TPSA) is 114 Å². The Kier molecular flexibility index (Phi) is 9.15. The van der Waals surface area contributed by atoms with Gasteiger partial charge in [0.1, 0.15) is 18.1 Å². The molecule has 9 nitrogen and oxygen atoms in total. The smallest absolute Gasteiger partial charge is 0.303 e. The number of esters is 4. The number of thioether (sulfide) groups is 1. The quantitative estimate of drug-likeness (QED) is 0.431. The highest BCUT2D eigenvalue weighted by Gasteiger charge is 2.52. The molecule has 1 aliphatic rings. The third-order valence-electron chi connectivity index (χ3n) is 4.01. The van der Waals surface area contributed by atoms with Crippen LogP contribution in [0.1, 0.15) is 27.7 Å². The van der Waals surface area contributed by atoms with Gasteiger partial charge in [0.05, 0.1) is 0 Å². The van der Waals surface area contributed by atoms with E-state index >= 15 is 0 Å². The lowest BCUT2D eigenvalue weighted by Crippen LogP contribution is -2.61. The Hall–Kier alpha value is -2.30. The molecule has 11 heteroatoms. The highest BCUT2D eigenvalue weighted by Crippen LogP contribution is 2.37. The van der Waals surface area contributed by atoms with E-state index in [2.05, 4.69) is 0 Å². The normalized spacial score (nSPS) is 25.3. The van der Waals surface area contributed by atoms with Gasteiger partial charge in [-0.25, -0.2) is 0 Å². The minimum atomic E-state index is -1.19. The summed E-state index contributed by atoms with van der Waals surface area (Å²) in [5.41, 5.74) is -0.873. The van der Waals surface area contributed by atoms with Crippen LogP contribution in [-0.2, 0) is 42.9 Å². The van der Waals surface area contributed by atoms with E-state index < -0.39 is 53.7 Å². The van der Waals surface area contributed by atoms with Gasteiger partial charge < -0.3 is 23.7 Å². The average molecular weight is 475 g/mol. The molecule has 5 atom stereocenters. The molecular formula is C20H23ClO9S. The Bertz CT molecular complexity index is 813. The number of carbonyl (C=O) groups excluding carboxylic acids is 4. The van der Waals surface area contributed by atoms with Crippen LogP contribution in [0.25, 0.3) is 0 Å². The molecule has 2 rings (SSSR count). The monoisotopic (exact) mass is 474 g/mol. The molecule has 170 valence electrons. The maximum Gasteiger partial charge on any atom is 0.303 e. The molecule has 0 N–H and O–H groups in total. The third kappa shape index (κ3) is 7.71. The van der Waals surface area contributed by atoms with Crippen molar-refractivity contribution in [2.45, 2.75) is 62.4 Å². The fourth-order valence-corrected chi connectivity index (χ4v) is 4.16. The van der Waals surface area contributed by atoms with E-state index in [1.54, 1.807) is 24.3 Å². The first-order chi connectivity index (χ1) is 14.6. The largest absolute Gasteiger partial charge is 0.463 e. The van der Waals surface area contributed by atoms with E-state index in [0.29, 0.717) is 5.02 Å². The van der Waals surface area contributed by atoms with Crippen LogP contribution in [0, 0.1) is 0 Å². The van der Waals surface area contributed by atoms with E-state index in [1.165, 1.54) is 39.5 Å². The Balaban J connectivity index is 2.43. The van der Waals surface area contributed by atoms with E-state index in [4.69, 9.17) is 35.3 Å². The van der Waals surface area contributed by atoms with Crippen molar-refractivity contribution >= 4 is 47.2 Å². The van der Waals surface area contributed by atoms with Crippen molar-refractivity contribution in [1.82, 2.24) is 0 Å². The molecule has 1 aromatic rings. The van der Waals surface area contributed by atoms with Gasteiger partial charge in [-0.05, 0) is 24.3 Å². The molecule has 0 amide bonds. The van der Waals surface area contributed by atoms with Crippen molar-refractivity contribution in [3.63, 3.8) is 0 Å². The number of halogens is 1. The lowest BCUT2D eigenvalue weighted by Gasteiger charge is -2.44. The van der Waals surface area contributed by atoms with Crippen molar-refractivity contribution in [2.75, 3.05) is 6.61 Å². The summed E-state index contributed by atoms with van der Waals surface area (Å²) in [6, 6.07) is 6.83. The molecule has 1 heterocycles. The molecule has 0 spiro atoms. The van der Waals surface area contributed by atoms with Gasteiger partial charge in [-0.2, -0.15) is 0 Å². The molecule has 0 unspecified atom stereocenters. The number of carbonyl (C=O) groups is 4. The second-order valence-corrected chi connectivity index (χ2v) is 8.25. The van der Waals surface area contributed by atoms with Crippen molar-refractivity contribution in [3.05, 3.63) is 29.3 Å². The van der Waals surface area contributed by atoms with Crippen LogP contribution >= 0.6 is 23.4 Å². The number of hydrogen-bond acceptors (Lipinski definition) is 10. The van der Waals surface area contributed by atoms with Gasteiger partial charge in [-0.15, -0.1) is 0 Å². The number of benzene rings is 1. The maximum absolute atomic E-state index is 11.8. The first-order valence-corrected chi connectivity index (χ1v) is 10.5. The van der Waals surface area contributed by atoms with Gasteiger partial charge in [0.25, 0.3) is 0 Å². The van der Waals surface area contributed by atoms with Gasteiger partial charge in [0.15, 0.2) is 18.3 Å². The summed E-state index contributed by atoms with van der Waals surface area (Å²) in [6.45, 7) is 4.49. The number of hydrogen-bond donors (Lipinski definition) is 0. The zero-order valence-electron chi connectivity index (χ0n) is 17.4. The second kappa shape index (κ2) is 11.4. The SMILES string of the molecule is CC(=O)OC[C@H]1O[C@@H](Sc2ccc(Cl)cc2)[C@@H](OC(C)=O)[C@@H](OC(C)=O)[C@H]1OC(C)=O. The first-order valence-electron chi connectivity index (χ1n) is 9.29. The number of rotatable bonds is 7. The summed E-state index contributed by atoms with van der Waals surface area (Å²) in [4.78, 5) is 47.4. The van der Waals surface area contributed by atoms with Crippen molar-refractivity contribution < 1.29 is 42.9 Å². The highest BCUT2D eigenvalue weighted by molar-refractivity contribution is 7.99. The molecule has 0 saturated carbocycles. The first kappa shape index (κ1) is 25.0. The van der Waals surface area contributed by atoms with Gasteiger partial charge in [0.2, 0.25) is 0 Å². The fourth-order valence-electron chi connectivity index (χ4n) is 2.93. The zero-order chi connectivity index (χ0) is 23.1. The van der Waals surface area contributed by atoms with Crippen molar-refractivity contribution in [2.24, 2.45) is 0 Å². The molecule has 1 fully saturated rings. The van der Waals surface area contributed by atoms with E-state index in [9.17, 15) is 19.2 Å². The molecule has 0 bridgehead atoms. The van der Waals surface area contributed by atoms with Crippen LogP contribution in [0.2, 0.25) is 5.02 Å². The van der Waals surface area contributed by atoms with Crippen LogP contribution in [0.15, 0.2) is 29.2 Å². The predicted molar refractivity (Wildman–Crippen MR) is 109 cm³/mol. The summed E-state index contributed by atoms with van der Waals surface area (Å²) < 4.78 is 27.2. The predicted octanol–water partition coefficient (Wildman–Crippen LogP) is 2.52. The zero-order valence-corrected chi connectivity index (χ0v) is 18.9. The Morgan fingerprint density at radius 2 is 1.35 bits per heavy atom. The maximum atomic E-state index is 11.8. The Morgan fingerprint density at radius 1 is 0.839 bits per heavy atom.